The van der Waals surface area contributed by atoms with E-state index in [9.17, 15) is 5.11 Å². The summed E-state index contributed by atoms with van der Waals surface area (Å²) in [7, 11) is 0. The Balaban J connectivity index is 2.63. The first-order chi connectivity index (χ1) is 10.2. The quantitative estimate of drug-likeness (QED) is 0.284. The molecule has 0 unspecified atom stereocenters. The maximum absolute atomic E-state index is 10.1. The Bertz CT molecular complexity index is 444. The zero-order valence-corrected chi connectivity index (χ0v) is 13.1. The van der Waals surface area contributed by atoms with E-state index in [0.717, 1.165) is 38.5 Å². The van der Waals surface area contributed by atoms with E-state index >= 15 is 0 Å². The summed E-state index contributed by atoms with van der Waals surface area (Å²) < 4.78 is 5.59. The molecule has 0 radical (unpaired) electrons. The maximum Gasteiger partial charge on any atom is 0.128 e. The van der Waals surface area contributed by atoms with Gasteiger partial charge < -0.3 is 15.1 Å². The normalized spacial score (nSPS) is 11.6. The Morgan fingerprint density at radius 1 is 1.10 bits per heavy atom. The molecule has 0 aliphatic carbocycles. The van der Waals surface area contributed by atoms with Gasteiger partial charge in [-0.15, -0.1) is 0 Å². The Morgan fingerprint density at radius 3 is 2.43 bits per heavy atom. The molecule has 118 valence electrons. The van der Waals surface area contributed by atoms with E-state index in [-0.39, 0.29) is 5.75 Å². The predicted octanol–water partition coefficient (Wildman–Crippen LogP) is 4.72. The molecule has 0 atom stereocenters. The minimum absolute atomic E-state index is 0.104. The van der Waals surface area contributed by atoms with Gasteiger partial charge in [-0.2, -0.15) is 0 Å². The topological polar surface area (TPSA) is 62.0 Å². The van der Waals surface area contributed by atoms with Crippen molar-refractivity contribution in [2.75, 3.05) is 6.61 Å². The number of phenols is 1. The molecule has 1 aromatic rings. The largest absolute Gasteiger partial charge is 0.507 e. The zero-order valence-electron chi connectivity index (χ0n) is 13.1. The summed E-state index contributed by atoms with van der Waals surface area (Å²) in [6.07, 6.45) is 7.11. The summed E-state index contributed by atoms with van der Waals surface area (Å²) in [5.74, 6) is 0.755. The standard InChI is InChI=1S/C17H27NO3/c1-3-5-7-9-16(18-20)15-11-10-14(13-17(15)19)21-12-8-6-4-2/h10-11,13,19-20H,3-9,12H2,1-2H3/b18-16-. The van der Waals surface area contributed by atoms with Crippen molar-refractivity contribution in [1.29, 1.82) is 0 Å². The van der Waals surface area contributed by atoms with Gasteiger partial charge in [0.2, 0.25) is 0 Å². The van der Waals surface area contributed by atoms with Crippen LogP contribution in [0.1, 0.15) is 64.4 Å². The molecule has 0 aromatic heterocycles. The number of nitrogens with zero attached hydrogens (tertiary/aromatic N) is 1. The summed E-state index contributed by atoms with van der Waals surface area (Å²) in [4.78, 5) is 0. The molecule has 2 N–H and O–H groups in total. The van der Waals surface area contributed by atoms with E-state index in [2.05, 4.69) is 19.0 Å². The number of benzene rings is 1. The molecule has 1 aromatic carbocycles. The summed E-state index contributed by atoms with van der Waals surface area (Å²) in [6.45, 7) is 4.93. The Hall–Kier alpha value is -1.71. The number of ether oxygens (including phenoxy) is 1. The lowest BCUT2D eigenvalue weighted by atomic mass is 10.0. The zero-order chi connectivity index (χ0) is 15.5. The Labute approximate surface area is 127 Å². The van der Waals surface area contributed by atoms with Gasteiger partial charge in [0.25, 0.3) is 0 Å². The van der Waals surface area contributed by atoms with Crippen LogP contribution in [0.15, 0.2) is 23.4 Å². The van der Waals surface area contributed by atoms with E-state index in [1.165, 1.54) is 0 Å². The lowest BCUT2D eigenvalue weighted by Crippen LogP contribution is -2.03. The molecule has 0 amide bonds. The third-order valence-electron chi connectivity index (χ3n) is 3.43. The van der Waals surface area contributed by atoms with Crippen molar-refractivity contribution in [3.05, 3.63) is 23.8 Å². The van der Waals surface area contributed by atoms with Crippen molar-refractivity contribution < 1.29 is 15.1 Å². The molecular weight excluding hydrogens is 266 g/mol. The molecule has 0 aliphatic rings. The van der Waals surface area contributed by atoms with Gasteiger partial charge in [-0.25, -0.2) is 0 Å². The van der Waals surface area contributed by atoms with Crippen molar-refractivity contribution in [2.24, 2.45) is 5.16 Å². The second kappa shape index (κ2) is 10.1. The van der Waals surface area contributed by atoms with Gasteiger partial charge in [0.15, 0.2) is 0 Å². The predicted molar refractivity (Wildman–Crippen MR) is 85.6 cm³/mol. The fourth-order valence-corrected chi connectivity index (χ4v) is 2.17. The first-order valence-corrected chi connectivity index (χ1v) is 7.90. The molecular formula is C17H27NO3. The van der Waals surface area contributed by atoms with Crippen LogP contribution in [0, 0.1) is 0 Å². The van der Waals surface area contributed by atoms with Crippen LogP contribution in [0.4, 0.5) is 0 Å². The highest BCUT2D eigenvalue weighted by molar-refractivity contribution is 6.02. The molecule has 1 rings (SSSR count). The molecule has 4 heteroatoms. The Kier molecular flexibility index (Phi) is 8.32. The minimum atomic E-state index is 0.104. The number of unbranched alkanes of at least 4 members (excludes halogenated alkanes) is 4. The Morgan fingerprint density at radius 2 is 1.81 bits per heavy atom. The molecule has 0 saturated heterocycles. The summed E-state index contributed by atoms with van der Waals surface area (Å²) >= 11 is 0. The lowest BCUT2D eigenvalue weighted by Gasteiger charge is -2.10. The first kappa shape index (κ1) is 17.3. The highest BCUT2D eigenvalue weighted by atomic mass is 16.5. The smallest absolute Gasteiger partial charge is 0.128 e. The van der Waals surface area contributed by atoms with E-state index < -0.39 is 0 Å². The van der Waals surface area contributed by atoms with Crippen LogP contribution < -0.4 is 4.74 Å². The van der Waals surface area contributed by atoms with Gasteiger partial charge in [0.1, 0.15) is 11.5 Å². The third kappa shape index (κ3) is 6.06. The SMILES string of the molecule is CCCCCOc1ccc(/C(CCCCC)=N\O)c(O)c1. The molecule has 4 nitrogen and oxygen atoms in total. The van der Waals surface area contributed by atoms with Crippen molar-refractivity contribution in [3.8, 4) is 11.5 Å². The summed E-state index contributed by atoms with van der Waals surface area (Å²) in [5.41, 5.74) is 1.10. The average molecular weight is 293 g/mol. The van der Waals surface area contributed by atoms with Crippen molar-refractivity contribution in [3.63, 3.8) is 0 Å². The number of phenolic OH excluding ortho intramolecular Hbond substituents is 1. The molecule has 21 heavy (non-hydrogen) atoms. The van der Waals surface area contributed by atoms with E-state index in [1.54, 1.807) is 12.1 Å². The molecule has 0 bridgehead atoms. The van der Waals surface area contributed by atoms with Gasteiger partial charge in [-0.3, -0.25) is 0 Å². The minimum Gasteiger partial charge on any atom is -0.507 e. The van der Waals surface area contributed by atoms with Gasteiger partial charge in [0, 0.05) is 11.6 Å². The number of oxime groups is 1. The third-order valence-corrected chi connectivity index (χ3v) is 3.43. The van der Waals surface area contributed by atoms with Gasteiger partial charge in [-0.05, 0) is 31.4 Å². The lowest BCUT2D eigenvalue weighted by molar-refractivity contribution is 0.304. The van der Waals surface area contributed by atoms with Gasteiger partial charge in [0.05, 0.1) is 12.3 Å². The number of hydrogen-bond donors (Lipinski definition) is 2. The highest BCUT2D eigenvalue weighted by Gasteiger charge is 2.11. The van der Waals surface area contributed by atoms with Crippen molar-refractivity contribution in [1.82, 2.24) is 0 Å². The van der Waals surface area contributed by atoms with Gasteiger partial charge in [-0.1, -0.05) is 44.7 Å². The molecule has 0 fully saturated rings. The average Bonchev–Trinajstić information content (AvgIpc) is 2.49. The number of rotatable bonds is 10. The van der Waals surface area contributed by atoms with E-state index in [4.69, 9.17) is 9.94 Å². The maximum atomic E-state index is 10.1. The molecule has 0 spiro atoms. The van der Waals surface area contributed by atoms with Crippen LogP contribution in [0.5, 0.6) is 11.5 Å². The first-order valence-electron chi connectivity index (χ1n) is 7.90. The fraction of sp³-hybridized carbons (Fsp3) is 0.588. The second-order valence-corrected chi connectivity index (χ2v) is 5.24. The van der Waals surface area contributed by atoms with Crippen LogP contribution in [-0.2, 0) is 0 Å². The fourth-order valence-electron chi connectivity index (χ4n) is 2.17. The summed E-state index contributed by atoms with van der Waals surface area (Å²) in [5, 5.41) is 22.5. The van der Waals surface area contributed by atoms with E-state index in [1.807, 2.05) is 6.07 Å². The molecule has 0 heterocycles. The van der Waals surface area contributed by atoms with Crippen LogP contribution in [-0.4, -0.2) is 22.6 Å². The van der Waals surface area contributed by atoms with Crippen molar-refractivity contribution >= 4 is 5.71 Å². The van der Waals surface area contributed by atoms with E-state index in [0.29, 0.717) is 30.1 Å². The van der Waals surface area contributed by atoms with Crippen LogP contribution in [0.25, 0.3) is 0 Å². The van der Waals surface area contributed by atoms with Crippen LogP contribution in [0.3, 0.4) is 0 Å². The number of hydrogen-bond acceptors (Lipinski definition) is 4. The number of aromatic hydroxyl groups is 1. The monoisotopic (exact) mass is 293 g/mol. The second-order valence-electron chi connectivity index (χ2n) is 5.24. The molecule has 0 aliphatic heterocycles. The molecule has 0 saturated carbocycles. The van der Waals surface area contributed by atoms with Crippen LogP contribution in [0.2, 0.25) is 0 Å². The highest BCUT2D eigenvalue weighted by Crippen LogP contribution is 2.26. The van der Waals surface area contributed by atoms with Crippen LogP contribution >= 0.6 is 0 Å². The van der Waals surface area contributed by atoms with Crippen molar-refractivity contribution in [2.45, 2.75) is 58.8 Å². The summed E-state index contributed by atoms with van der Waals surface area (Å²) in [6, 6.07) is 5.16. The van der Waals surface area contributed by atoms with Gasteiger partial charge >= 0.3 is 0 Å².